The third kappa shape index (κ3) is 5.60. The lowest BCUT2D eigenvalue weighted by Crippen LogP contribution is -2.18. The molecule has 1 nitrogen and oxygen atoms in total. The SMILES string of the molecule is CC(=O)C(Cl)CC(Cl)(Cl)Cl. The fourth-order valence-electron chi connectivity index (χ4n) is 0.347. The summed E-state index contributed by atoms with van der Waals surface area (Å²) >= 11 is 21.6. The first-order chi connectivity index (χ1) is 4.33. The van der Waals surface area contributed by atoms with Crippen molar-refractivity contribution < 1.29 is 4.79 Å². The fourth-order valence-corrected chi connectivity index (χ4v) is 1.28. The maximum absolute atomic E-state index is 10.5. The predicted octanol–water partition coefficient (Wildman–Crippen LogP) is 2.94. The summed E-state index contributed by atoms with van der Waals surface area (Å²) in [6.45, 7) is 1.36. The van der Waals surface area contributed by atoms with Crippen LogP contribution in [0.25, 0.3) is 0 Å². The second kappa shape index (κ2) is 4.01. The first kappa shape index (κ1) is 10.8. The van der Waals surface area contributed by atoms with Gasteiger partial charge in [-0.1, -0.05) is 34.8 Å². The highest BCUT2D eigenvalue weighted by Gasteiger charge is 2.26. The second-order valence-electron chi connectivity index (χ2n) is 1.90. The van der Waals surface area contributed by atoms with Crippen LogP contribution >= 0.6 is 46.4 Å². The molecule has 0 fully saturated rings. The molecule has 0 spiro atoms. The molecule has 0 saturated heterocycles. The summed E-state index contributed by atoms with van der Waals surface area (Å²) < 4.78 is -1.43. The van der Waals surface area contributed by atoms with E-state index in [4.69, 9.17) is 46.4 Å². The smallest absolute Gasteiger partial charge is 0.192 e. The van der Waals surface area contributed by atoms with Gasteiger partial charge in [0.15, 0.2) is 3.79 Å². The van der Waals surface area contributed by atoms with E-state index in [9.17, 15) is 4.79 Å². The standard InChI is InChI=1S/C5H6Cl4O/c1-3(10)4(6)2-5(7,8)9/h4H,2H2,1H3. The zero-order chi connectivity index (χ0) is 8.36. The van der Waals surface area contributed by atoms with Gasteiger partial charge in [-0.15, -0.1) is 11.6 Å². The molecule has 1 unspecified atom stereocenters. The molecule has 0 aliphatic rings. The van der Waals surface area contributed by atoms with Crippen LogP contribution in [0.15, 0.2) is 0 Å². The van der Waals surface area contributed by atoms with E-state index in [-0.39, 0.29) is 12.2 Å². The number of alkyl halides is 4. The summed E-state index contributed by atoms with van der Waals surface area (Å²) in [5, 5.41) is -0.701. The Hall–Kier alpha value is 0.830. The van der Waals surface area contributed by atoms with E-state index in [0.717, 1.165) is 0 Å². The van der Waals surface area contributed by atoms with E-state index in [0.29, 0.717) is 0 Å². The Kier molecular flexibility index (Phi) is 4.34. The minimum absolute atomic E-state index is 0.0502. The van der Waals surface area contributed by atoms with E-state index in [1.165, 1.54) is 6.92 Å². The van der Waals surface area contributed by atoms with E-state index < -0.39 is 9.17 Å². The Labute approximate surface area is 79.6 Å². The normalized spacial score (nSPS) is 14.9. The van der Waals surface area contributed by atoms with Gasteiger partial charge in [-0.25, -0.2) is 0 Å². The van der Waals surface area contributed by atoms with Crippen LogP contribution < -0.4 is 0 Å². The monoisotopic (exact) mass is 222 g/mol. The number of carbonyl (C=O) groups is 1. The van der Waals surface area contributed by atoms with Crippen molar-refractivity contribution in [2.24, 2.45) is 0 Å². The topological polar surface area (TPSA) is 17.1 Å². The van der Waals surface area contributed by atoms with Crippen LogP contribution in [0.1, 0.15) is 13.3 Å². The van der Waals surface area contributed by atoms with Gasteiger partial charge in [0.05, 0.1) is 5.38 Å². The molecule has 0 radical (unpaired) electrons. The lowest BCUT2D eigenvalue weighted by molar-refractivity contribution is -0.116. The molecule has 10 heavy (non-hydrogen) atoms. The summed E-state index contributed by atoms with van der Waals surface area (Å²) in [5.41, 5.74) is 0. The lowest BCUT2D eigenvalue weighted by atomic mass is 10.2. The number of ketones is 1. The molecule has 0 heterocycles. The molecular formula is C5H6Cl4O. The van der Waals surface area contributed by atoms with Crippen molar-refractivity contribution in [3.8, 4) is 0 Å². The van der Waals surface area contributed by atoms with E-state index in [1.807, 2.05) is 0 Å². The molecule has 0 saturated carbocycles. The number of hydrogen-bond acceptors (Lipinski definition) is 1. The molecule has 0 bridgehead atoms. The third-order valence-electron chi connectivity index (χ3n) is 0.852. The highest BCUT2D eigenvalue weighted by Crippen LogP contribution is 2.32. The van der Waals surface area contributed by atoms with Crippen LogP contribution in [0.4, 0.5) is 0 Å². The molecule has 0 aromatic heterocycles. The molecule has 0 N–H and O–H groups in total. The van der Waals surface area contributed by atoms with Gasteiger partial charge in [-0.3, -0.25) is 4.79 Å². The Morgan fingerprint density at radius 1 is 1.50 bits per heavy atom. The van der Waals surface area contributed by atoms with E-state index in [1.54, 1.807) is 0 Å². The molecule has 60 valence electrons. The summed E-state index contributed by atoms with van der Waals surface area (Å²) in [5.74, 6) is -0.187. The van der Waals surface area contributed by atoms with Gasteiger partial charge < -0.3 is 0 Å². The molecule has 0 aromatic rings. The maximum atomic E-state index is 10.5. The van der Waals surface area contributed by atoms with E-state index >= 15 is 0 Å². The van der Waals surface area contributed by atoms with Crippen LogP contribution in [-0.2, 0) is 4.79 Å². The fraction of sp³-hybridized carbons (Fsp3) is 0.800. The highest BCUT2D eigenvalue weighted by atomic mass is 35.6. The molecular weight excluding hydrogens is 218 g/mol. The maximum Gasteiger partial charge on any atom is 0.192 e. The van der Waals surface area contributed by atoms with Gasteiger partial charge in [-0.2, -0.15) is 0 Å². The van der Waals surface area contributed by atoms with Crippen molar-refractivity contribution in [3.63, 3.8) is 0 Å². The zero-order valence-electron chi connectivity index (χ0n) is 5.20. The van der Waals surface area contributed by atoms with Crippen LogP contribution in [0, 0.1) is 0 Å². The van der Waals surface area contributed by atoms with Crippen molar-refractivity contribution in [3.05, 3.63) is 0 Å². The highest BCUT2D eigenvalue weighted by molar-refractivity contribution is 6.67. The number of carbonyl (C=O) groups excluding carboxylic acids is 1. The van der Waals surface area contributed by atoms with Crippen LogP contribution in [-0.4, -0.2) is 15.0 Å². The summed E-state index contributed by atoms with van der Waals surface area (Å²) in [7, 11) is 0. The number of Topliss-reactive ketones (excluding diaryl/α,β-unsaturated/α-hetero) is 1. The first-order valence-electron chi connectivity index (χ1n) is 2.54. The molecule has 0 aliphatic heterocycles. The van der Waals surface area contributed by atoms with Gasteiger partial charge in [0.2, 0.25) is 0 Å². The lowest BCUT2D eigenvalue weighted by Gasteiger charge is -2.12. The van der Waals surface area contributed by atoms with E-state index in [2.05, 4.69) is 0 Å². The van der Waals surface area contributed by atoms with Crippen molar-refractivity contribution in [1.29, 1.82) is 0 Å². The average Bonchev–Trinajstić information content (AvgIpc) is 1.60. The second-order valence-corrected chi connectivity index (χ2v) is 4.94. The summed E-state index contributed by atoms with van der Waals surface area (Å²) in [6.07, 6.45) is 0.0502. The Morgan fingerprint density at radius 2 is 1.90 bits per heavy atom. The predicted molar refractivity (Wildman–Crippen MR) is 45.2 cm³/mol. The molecule has 0 aliphatic carbocycles. The van der Waals surface area contributed by atoms with Gasteiger partial charge in [0.25, 0.3) is 0 Å². The number of hydrogen-bond donors (Lipinski definition) is 0. The Balaban J connectivity index is 3.80. The van der Waals surface area contributed by atoms with Crippen molar-refractivity contribution >= 4 is 52.2 Å². The quantitative estimate of drug-likeness (QED) is 0.659. The van der Waals surface area contributed by atoms with Crippen molar-refractivity contribution in [2.45, 2.75) is 22.5 Å². The Morgan fingerprint density at radius 3 is 2.00 bits per heavy atom. The van der Waals surface area contributed by atoms with Crippen molar-refractivity contribution in [1.82, 2.24) is 0 Å². The molecule has 5 heteroatoms. The minimum atomic E-state index is -1.43. The zero-order valence-corrected chi connectivity index (χ0v) is 8.23. The van der Waals surface area contributed by atoms with Crippen LogP contribution in [0.2, 0.25) is 0 Å². The van der Waals surface area contributed by atoms with Gasteiger partial charge >= 0.3 is 0 Å². The molecule has 0 rings (SSSR count). The minimum Gasteiger partial charge on any atom is -0.298 e. The summed E-state index contributed by atoms with van der Waals surface area (Å²) in [4.78, 5) is 10.5. The number of rotatable bonds is 2. The van der Waals surface area contributed by atoms with Gasteiger partial charge in [-0.05, 0) is 6.92 Å². The first-order valence-corrected chi connectivity index (χ1v) is 4.11. The average molecular weight is 224 g/mol. The summed E-state index contributed by atoms with van der Waals surface area (Å²) in [6, 6.07) is 0. The third-order valence-corrected chi connectivity index (χ3v) is 1.78. The van der Waals surface area contributed by atoms with Crippen molar-refractivity contribution in [2.75, 3.05) is 0 Å². The van der Waals surface area contributed by atoms with Crippen LogP contribution in [0.5, 0.6) is 0 Å². The Bertz CT molecular complexity index is 128. The van der Waals surface area contributed by atoms with Crippen LogP contribution in [0.3, 0.4) is 0 Å². The molecule has 0 aromatic carbocycles. The van der Waals surface area contributed by atoms with Gasteiger partial charge in [0.1, 0.15) is 5.78 Å². The van der Waals surface area contributed by atoms with Gasteiger partial charge in [0, 0.05) is 6.42 Å². The molecule has 1 atom stereocenters. The largest absolute Gasteiger partial charge is 0.298 e. The number of halogens is 4. The molecule has 0 amide bonds.